The van der Waals surface area contributed by atoms with Crippen LogP contribution in [0.2, 0.25) is 0 Å². The third kappa shape index (κ3) is 2.11. The van der Waals surface area contributed by atoms with Crippen molar-refractivity contribution in [2.75, 3.05) is 0 Å². The minimum absolute atomic E-state index is 0.106. The molecule has 1 aliphatic rings. The summed E-state index contributed by atoms with van der Waals surface area (Å²) in [5.41, 5.74) is 4.60. The van der Waals surface area contributed by atoms with Crippen molar-refractivity contribution in [3.8, 4) is 0 Å². The molecule has 0 saturated heterocycles. The van der Waals surface area contributed by atoms with Gasteiger partial charge in [0.05, 0.1) is 0 Å². The lowest BCUT2D eigenvalue weighted by Crippen LogP contribution is -2.28. The minimum atomic E-state index is 0.106. The van der Waals surface area contributed by atoms with E-state index in [9.17, 15) is 4.79 Å². The van der Waals surface area contributed by atoms with Crippen molar-refractivity contribution in [1.82, 2.24) is 9.88 Å². The van der Waals surface area contributed by atoms with E-state index in [1.807, 2.05) is 0 Å². The Morgan fingerprint density at radius 2 is 2.00 bits per heavy atom. The molecule has 0 bridgehead atoms. The molecule has 1 aliphatic carbocycles. The van der Waals surface area contributed by atoms with Crippen LogP contribution < -0.4 is 5.32 Å². The van der Waals surface area contributed by atoms with Crippen LogP contribution in [0.4, 0.5) is 0 Å². The molecule has 0 atom stereocenters. The van der Waals surface area contributed by atoms with Crippen LogP contribution in [0.3, 0.4) is 0 Å². The van der Waals surface area contributed by atoms with E-state index in [4.69, 9.17) is 0 Å². The van der Waals surface area contributed by atoms with Gasteiger partial charge in [0.2, 0.25) is 0 Å². The van der Waals surface area contributed by atoms with Gasteiger partial charge < -0.3 is 9.88 Å². The summed E-state index contributed by atoms with van der Waals surface area (Å²) in [7, 11) is 0. The molecule has 1 N–H and O–H groups in total. The van der Waals surface area contributed by atoms with Gasteiger partial charge in [-0.05, 0) is 51.2 Å². The Morgan fingerprint density at radius 1 is 1.35 bits per heavy atom. The number of nitrogens with one attached hydrogen (secondary N) is 1. The van der Waals surface area contributed by atoms with Gasteiger partial charge in [0.25, 0.3) is 5.91 Å². The first-order valence-corrected chi connectivity index (χ1v) is 6.59. The molecule has 2 rings (SSSR count). The van der Waals surface area contributed by atoms with E-state index in [2.05, 4.69) is 37.6 Å². The van der Waals surface area contributed by atoms with Crippen LogP contribution >= 0.6 is 0 Å². The quantitative estimate of drug-likeness (QED) is 0.853. The van der Waals surface area contributed by atoms with Crippen molar-refractivity contribution in [3.05, 3.63) is 22.5 Å². The molecule has 1 aromatic rings. The summed E-state index contributed by atoms with van der Waals surface area (Å²) in [6.07, 6.45) is 3.27. The molecule has 0 aromatic carbocycles. The summed E-state index contributed by atoms with van der Waals surface area (Å²) in [6, 6.07) is 0.424. The fourth-order valence-corrected chi connectivity index (χ4v) is 2.64. The zero-order valence-electron chi connectivity index (χ0n) is 11.3. The lowest BCUT2D eigenvalue weighted by atomic mass is 10.1. The van der Waals surface area contributed by atoms with Crippen molar-refractivity contribution < 1.29 is 4.79 Å². The van der Waals surface area contributed by atoms with Gasteiger partial charge in [-0.25, -0.2) is 0 Å². The van der Waals surface area contributed by atoms with Crippen LogP contribution in [0.25, 0.3) is 0 Å². The molecule has 3 nitrogen and oxygen atoms in total. The highest BCUT2D eigenvalue weighted by Crippen LogP contribution is 2.25. The minimum Gasteiger partial charge on any atom is -0.348 e. The topological polar surface area (TPSA) is 34.0 Å². The average molecular weight is 234 g/mol. The van der Waals surface area contributed by atoms with Crippen LogP contribution in [0.1, 0.15) is 54.0 Å². The van der Waals surface area contributed by atoms with Gasteiger partial charge in [-0.1, -0.05) is 6.92 Å². The van der Waals surface area contributed by atoms with Crippen LogP contribution in [-0.2, 0) is 13.0 Å². The number of carbonyl (C=O) groups excluding carboxylic acids is 1. The Hall–Kier alpha value is -1.25. The highest BCUT2D eigenvalue weighted by molar-refractivity contribution is 5.95. The number of carbonyl (C=O) groups is 1. The van der Waals surface area contributed by atoms with Gasteiger partial charge in [-0.2, -0.15) is 0 Å². The van der Waals surface area contributed by atoms with Crippen molar-refractivity contribution in [3.63, 3.8) is 0 Å². The molecule has 1 amide bonds. The summed E-state index contributed by atoms with van der Waals surface area (Å²) in [5, 5.41) is 3.09. The van der Waals surface area contributed by atoms with Crippen molar-refractivity contribution in [1.29, 1.82) is 0 Å². The molecule has 0 radical (unpaired) electrons. The lowest BCUT2D eigenvalue weighted by Gasteiger charge is -2.09. The maximum atomic E-state index is 12.2. The molecule has 0 spiro atoms. The molecular formula is C14H22N2O. The molecule has 3 heteroatoms. The van der Waals surface area contributed by atoms with E-state index in [-0.39, 0.29) is 5.91 Å². The van der Waals surface area contributed by atoms with E-state index in [1.54, 1.807) is 0 Å². The van der Waals surface area contributed by atoms with Gasteiger partial charge >= 0.3 is 0 Å². The highest BCUT2D eigenvalue weighted by atomic mass is 16.2. The van der Waals surface area contributed by atoms with Crippen molar-refractivity contribution >= 4 is 5.91 Å². The monoisotopic (exact) mass is 234 g/mol. The Balaban J connectivity index is 2.39. The summed E-state index contributed by atoms with van der Waals surface area (Å²) >= 11 is 0. The number of hydrogen-bond acceptors (Lipinski definition) is 1. The van der Waals surface area contributed by atoms with E-state index in [0.717, 1.165) is 37.1 Å². The zero-order chi connectivity index (χ0) is 12.6. The standard InChI is InChI=1S/C14H22N2O/c1-5-12-9(3)13(16(6-2)10(12)4)14(17)15-11-7-8-11/h11H,5-8H2,1-4H3,(H,15,17). The maximum absolute atomic E-state index is 12.2. The van der Waals surface area contributed by atoms with E-state index >= 15 is 0 Å². The normalized spacial score (nSPS) is 15.1. The van der Waals surface area contributed by atoms with Gasteiger partial charge in [0.1, 0.15) is 5.69 Å². The van der Waals surface area contributed by atoms with Crippen molar-refractivity contribution in [2.24, 2.45) is 0 Å². The number of aromatic nitrogens is 1. The summed E-state index contributed by atoms with van der Waals surface area (Å²) in [6.45, 7) is 9.29. The average Bonchev–Trinajstić information content (AvgIpc) is 3.05. The largest absolute Gasteiger partial charge is 0.348 e. The third-order valence-electron chi connectivity index (χ3n) is 3.72. The van der Waals surface area contributed by atoms with Gasteiger partial charge in [-0.3, -0.25) is 4.79 Å². The Kier molecular flexibility index (Phi) is 3.27. The first kappa shape index (κ1) is 12.2. The molecule has 1 fully saturated rings. The fourth-order valence-electron chi connectivity index (χ4n) is 2.64. The van der Waals surface area contributed by atoms with E-state index in [0.29, 0.717) is 6.04 Å². The molecule has 94 valence electrons. The van der Waals surface area contributed by atoms with E-state index < -0.39 is 0 Å². The predicted octanol–water partition coefficient (Wildman–Crippen LogP) is 2.58. The number of amides is 1. The SMILES string of the molecule is CCc1c(C)c(C(=O)NC2CC2)n(CC)c1C. The second-order valence-electron chi connectivity index (χ2n) is 4.88. The molecule has 1 heterocycles. The Bertz CT molecular complexity index is 442. The summed E-state index contributed by atoms with van der Waals surface area (Å²) in [4.78, 5) is 12.2. The van der Waals surface area contributed by atoms with Gasteiger partial charge in [0, 0.05) is 18.3 Å². The first-order chi connectivity index (χ1) is 8.10. The Labute approximate surface area is 103 Å². The van der Waals surface area contributed by atoms with Crippen LogP contribution in [-0.4, -0.2) is 16.5 Å². The van der Waals surface area contributed by atoms with Crippen LogP contribution in [0, 0.1) is 13.8 Å². The maximum Gasteiger partial charge on any atom is 0.268 e. The first-order valence-electron chi connectivity index (χ1n) is 6.59. The van der Waals surface area contributed by atoms with Crippen LogP contribution in [0.15, 0.2) is 0 Å². The van der Waals surface area contributed by atoms with Gasteiger partial charge in [-0.15, -0.1) is 0 Å². The number of nitrogens with zero attached hydrogens (tertiary/aromatic N) is 1. The molecule has 1 aromatic heterocycles. The third-order valence-corrected chi connectivity index (χ3v) is 3.72. The number of rotatable bonds is 4. The second-order valence-corrected chi connectivity index (χ2v) is 4.88. The second kappa shape index (κ2) is 4.55. The summed E-state index contributed by atoms with van der Waals surface area (Å²) in [5.74, 6) is 0.106. The number of hydrogen-bond donors (Lipinski definition) is 1. The molecule has 1 saturated carbocycles. The van der Waals surface area contributed by atoms with Crippen LogP contribution in [0.5, 0.6) is 0 Å². The highest BCUT2D eigenvalue weighted by Gasteiger charge is 2.27. The molecule has 17 heavy (non-hydrogen) atoms. The lowest BCUT2D eigenvalue weighted by molar-refractivity contribution is 0.0941. The Morgan fingerprint density at radius 3 is 2.47 bits per heavy atom. The zero-order valence-corrected chi connectivity index (χ0v) is 11.3. The summed E-state index contributed by atoms with van der Waals surface area (Å²) < 4.78 is 2.14. The van der Waals surface area contributed by atoms with E-state index in [1.165, 1.54) is 11.3 Å². The molecular weight excluding hydrogens is 212 g/mol. The van der Waals surface area contributed by atoms with Crippen molar-refractivity contribution in [2.45, 2.75) is 59.5 Å². The predicted molar refractivity (Wildman–Crippen MR) is 69.4 cm³/mol. The smallest absolute Gasteiger partial charge is 0.268 e. The molecule has 0 unspecified atom stereocenters. The molecule has 0 aliphatic heterocycles. The fraction of sp³-hybridized carbons (Fsp3) is 0.643. The van der Waals surface area contributed by atoms with Gasteiger partial charge in [0.15, 0.2) is 0 Å².